The van der Waals surface area contributed by atoms with Crippen LogP contribution in [0.4, 0.5) is 0 Å². The predicted molar refractivity (Wildman–Crippen MR) is 63.2 cm³/mol. The van der Waals surface area contributed by atoms with Crippen molar-refractivity contribution in [1.29, 1.82) is 0 Å². The lowest BCUT2D eigenvalue weighted by molar-refractivity contribution is -0.0945. The molecule has 1 heterocycles. The molecule has 0 fully saturated rings. The Morgan fingerprint density at radius 1 is 1.62 bits per heavy atom. The summed E-state index contributed by atoms with van der Waals surface area (Å²) in [7, 11) is 3.54. The minimum absolute atomic E-state index is 0.442. The molecule has 0 amide bonds. The van der Waals surface area contributed by atoms with Crippen molar-refractivity contribution in [2.75, 3.05) is 7.11 Å². The maximum Gasteiger partial charge on any atom is 0.0905 e. The van der Waals surface area contributed by atoms with Crippen LogP contribution in [0.5, 0.6) is 0 Å². The van der Waals surface area contributed by atoms with Gasteiger partial charge in [0.15, 0.2) is 0 Å². The summed E-state index contributed by atoms with van der Waals surface area (Å²) < 4.78 is 7.15. The van der Waals surface area contributed by atoms with E-state index < -0.39 is 11.7 Å². The zero-order valence-corrected chi connectivity index (χ0v) is 10.6. The molecular weight excluding hydrogens is 204 g/mol. The van der Waals surface area contributed by atoms with Gasteiger partial charge >= 0.3 is 0 Å². The summed E-state index contributed by atoms with van der Waals surface area (Å²) in [6.07, 6.45) is 5.70. The van der Waals surface area contributed by atoms with E-state index >= 15 is 0 Å². The molecule has 1 N–H and O–H groups in total. The predicted octanol–water partition coefficient (Wildman–Crippen LogP) is 1.53. The van der Waals surface area contributed by atoms with Crippen molar-refractivity contribution in [3.8, 4) is 0 Å². The number of aryl methyl sites for hydroxylation is 2. The maximum atomic E-state index is 10.1. The third-order valence-corrected chi connectivity index (χ3v) is 3.34. The summed E-state index contributed by atoms with van der Waals surface area (Å²) in [5.74, 6) is 0. The number of rotatable bonds is 6. The standard InChI is InChI=1S/C12H22N2O2/c1-5-12(2,16-4)11(15)7-6-10-8-13-14(3)9-10/h8-9,11,15H,5-7H2,1-4H3. The lowest BCUT2D eigenvalue weighted by Crippen LogP contribution is -2.40. The number of nitrogens with zero attached hydrogens (tertiary/aromatic N) is 2. The first-order valence-electron chi connectivity index (χ1n) is 5.72. The largest absolute Gasteiger partial charge is 0.390 e. The Kier molecular flexibility index (Phi) is 4.50. The van der Waals surface area contributed by atoms with E-state index in [1.165, 1.54) is 0 Å². The summed E-state index contributed by atoms with van der Waals surface area (Å²) in [5.41, 5.74) is 0.707. The second-order valence-corrected chi connectivity index (χ2v) is 4.45. The SMILES string of the molecule is CCC(C)(OC)C(O)CCc1cnn(C)c1. The van der Waals surface area contributed by atoms with Crippen LogP contribution < -0.4 is 0 Å². The molecule has 92 valence electrons. The molecule has 4 nitrogen and oxygen atoms in total. The highest BCUT2D eigenvalue weighted by Gasteiger charge is 2.30. The molecule has 2 atom stereocenters. The Hall–Kier alpha value is -0.870. The van der Waals surface area contributed by atoms with E-state index in [2.05, 4.69) is 5.10 Å². The van der Waals surface area contributed by atoms with Crippen LogP contribution >= 0.6 is 0 Å². The van der Waals surface area contributed by atoms with Gasteiger partial charge in [-0.25, -0.2) is 0 Å². The molecule has 0 saturated heterocycles. The molecule has 0 spiro atoms. The van der Waals surface area contributed by atoms with Gasteiger partial charge in [0.05, 0.1) is 17.9 Å². The Morgan fingerprint density at radius 3 is 2.75 bits per heavy atom. The summed E-state index contributed by atoms with van der Waals surface area (Å²) in [6, 6.07) is 0. The smallest absolute Gasteiger partial charge is 0.0905 e. The van der Waals surface area contributed by atoms with Crippen molar-refractivity contribution in [1.82, 2.24) is 9.78 Å². The van der Waals surface area contributed by atoms with E-state index in [4.69, 9.17) is 4.74 Å². The van der Waals surface area contributed by atoms with Crippen LogP contribution in [0, 0.1) is 0 Å². The highest BCUT2D eigenvalue weighted by atomic mass is 16.5. The highest BCUT2D eigenvalue weighted by molar-refractivity contribution is 5.04. The van der Waals surface area contributed by atoms with Crippen LogP contribution in [0.15, 0.2) is 12.4 Å². The molecule has 0 saturated carbocycles. The molecule has 1 aromatic heterocycles. The van der Waals surface area contributed by atoms with Crippen molar-refractivity contribution >= 4 is 0 Å². The van der Waals surface area contributed by atoms with Crippen molar-refractivity contribution in [2.24, 2.45) is 7.05 Å². The van der Waals surface area contributed by atoms with Gasteiger partial charge in [0.25, 0.3) is 0 Å². The third kappa shape index (κ3) is 3.06. The van der Waals surface area contributed by atoms with Gasteiger partial charge in [0.1, 0.15) is 0 Å². The molecular formula is C12H22N2O2. The molecule has 0 aliphatic heterocycles. The van der Waals surface area contributed by atoms with Crippen LogP contribution in [-0.4, -0.2) is 33.7 Å². The van der Waals surface area contributed by atoms with E-state index in [-0.39, 0.29) is 0 Å². The summed E-state index contributed by atoms with van der Waals surface area (Å²) in [5, 5.41) is 14.2. The van der Waals surface area contributed by atoms with Gasteiger partial charge in [-0.05, 0) is 31.7 Å². The number of methoxy groups -OCH3 is 1. The second-order valence-electron chi connectivity index (χ2n) is 4.45. The van der Waals surface area contributed by atoms with Gasteiger partial charge in [0.2, 0.25) is 0 Å². The molecule has 0 radical (unpaired) electrons. The molecule has 0 aromatic carbocycles. The first-order chi connectivity index (χ1) is 7.51. The van der Waals surface area contributed by atoms with Crippen molar-refractivity contribution in [3.05, 3.63) is 18.0 Å². The van der Waals surface area contributed by atoms with Gasteiger partial charge in [-0.2, -0.15) is 5.10 Å². The van der Waals surface area contributed by atoms with Crippen molar-refractivity contribution in [2.45, 2.75) is 44.8 Å². The van der Waals surface area contributed by atoms with Crippen LogP contribution in [0.25, 0.3) is 0 Å². The Bertz CT molecular complexity index is 319. The number of ether oxygens (including phenoxy) is 1. The zero-order valence-electron chi connectivity index (χ0n) is 10.6. The average Bonchev–Trinajstić information content (AvgIpc) is 2.70. The summed E-state index contributed by atoms with van der Waals surface area (Å²) in [4.78, 5) is 0. The Morgan fingerprint density at radius 2 is 2.31 bits per heavy atom. The van der Waals surface area contributed by atoms with Gasteiger partial charge in [-0.1, -0.05) is 6.92 Å². The molecule has 0 aliphatic rings. The maximum absolute atomic E-state index is 10.1. The molecule has 1 rings (SSSR count). The van der Waals surface area contributed by atoms with Gasteiger partial charge in [0, 0.05) is 20.4 Å². The number of aromatic nitrogens is 2. The quantitative estimate of drug-likeness (QED) is 0.800. The first-order valence-corrected chi connectivity index (χ1v) is 5.72. The minimum atomic E-state index is -0.442. The first kappa shape index (κ1) is 13.2. The van der Waals surface area contributed by atoms with Crippen molar-refractivity contribution < 1.29 is 9.84 Å². The van der Waals surface area contributed by atoms with E-state index in [1.54, 1.807) is 11.8 Å². The van der Waals surface area contributed by atoms with Crippen LogP contribution in [0.3, 0.4) is 0 Å². The Balaban J connectivity index is 2.49. The Labute approximate surface area is 97.2 Å². The highest BCUT2D eigenvalue weighted by Crippen LogP contribution is 2.22. The molecule has 0 bridgehead atoms. The normalized spacial score (nSPS) is 17.1. The molecule has 16 heavy (non-hydrogen) atoms. The molecule has 1 aromatic rings. The number of hydrogen-bond acceptors (Lipinski definition) is 3. The average molecular weight is 226 g/mol. The summed E-state index contributed by atoms with van der Waals surface area (Å²) in [6.45, 7) is 3.97. The van der Waals surface area contributed by atoms with E-state index in [1.807, 2.05) is 33.3 Å². The lowest BCUT2D eigenvalue weighted by atomic mass is 9.91. The van der Waals surface area contributed by atoms with Gasteiger partial charge in [-0.3, -0.25) is 4.68 Å². The van der Waals surface area contributed by atoms with E-state index in [0.29, 0.717) is 6.42 Å². The van der Waals surface area contributed by atoms with Gasteiger partial charge < -0.3 is 9.84 Å². The number of hydrogen-bond donors (Lipinski definition) is 1. The molecule has 2 unspecified atom stereocenters. The molecule has 4 heteroatoms. The topological polar surface area (TPSA) is 47.3 Å². The van der Waals surface area contributed by atoms with Crippen LogP contribution in [-0.2, 0) is 18.2 Å². The van der Waals surface area contributed by atoms with E-state index in [9.17, 15) is 5.11 Å². The lowest BCUT2D eigenvalue weighted by Gasteiger charge is -2.32. The second kappa shape index (κ2) is 5.46. The number of aliphatic hydroxyl groups is 1. The minimum Gasteiger partial charge on any atom is -0.390 e. The third-order valence-electron chi connectivity index (χ3n) is 3.34. The van der Waals surface area contributed by atoms with Crippen LogP contribution in [0.2, 0.25) is 0 Å². The summed E-state index contributed by atoms with van der Waals surface area (Å²) >= 11 is 0. The fourth-order valence-electron chi connectivity index (χ4n) is 1.73. The molecule has 0 aliphatic carbocycles. The zero-order chi connectivity index (χ0) is 12.2. The van der Waals surface area contributed by atoms with Crippen LogP contribution in [0.1, 0.15) is 32.3 Å². The van der Waals surface area contributed by atoms with Crippen molar-refractivity contribution in [3.63, 3.8) is 0 Å². The number of aliphatic hydroxyl groups excluding tert-OH is 1. The monoisotopic (exact) mass is 226 g/mol. The van der Waals surface area contributed by atoms with Gasteiger partial charge in [-0.15, -0.1) is 0 Å². The fraction of sp³-hybridized carbons (Fsp3) is 0.750. The fourth-order valence-corrected chi connectivity index (χ4v) is 1.73. The van der Waals surface area contributed by atoms with E-state index in [0.717, 1.165) is 18.4 Å².